The summed E-state index contributed by atoms with van der Waals surface area (Å²) in [6, 6.07) is 14.9. The molecule has 5 nitrogen and oxygen atoms in total. The Bertz CT molecular complexity index is 990. The Labute approximate surface area is 167 Å². The average Bonchev–Trinajstić information content (AvgIpc) is 2.66. The van der Waals surface area contributed by atoms with Gasteiger partial charge in [0.05, 0.1) is 23.7 Å². The third-order valence-corrected chi connectivity index (χ3v) is 4.93. The van der Waals surface area contributed by atoms with E-state index in [9.17, 15) is 9.90 Å². The van der Waals surface area contributed by atoms with E-state index < -0.39 is 11.7 Å². The quantitative estimate of drug-likeness (QED) is 0.655. The highest BCUT2D eigenvalue weighted by Gasteiger charge is 2.13. The van der Waals surface area contributed by atoms with E-state index in [-0.39, 0.29) is 11.6 Å². The highest BCUT2D eigenvalue weighted by molar-refractivity contribution is 6.33. The second kappa shape index (κ2) is 8.57. The number of benzene rings is 2. The van der Waals surface area contributed by atoms with Crippen LogP contribution in [0, 0.1) is 6.92 Å². The van der Waals surface area contributed by atoms with Crippen molar-refractivity contribution in [3.63, 3.8) is 0 Å². The first-order chi connectivity index (χ1) is 13.0. The molecular weight excluding hydrogens is 385 g/mol. The van der Waals surface area contributed by atoms with Crippen LogP contribution in [0.1, 0.15) is 11.1 Å². The van der Waals surface area contributed by atoms with Gasteiger partial charge in [-0.1, -0.05) is 59.6 Å². The highest BCUT2D eigenvalue weighted by Crippen LogP contribution is 2.20. The molecule has 0 saturated heterocycles. The molecule has 3 rings (SSSR count). The van der Waals surface area contributed by atoms with Crippen LogP contribution in [0.2, 0.25) is 10.0 Å². The van der Waals surface area contributed by atoms with E-state index in [0.717, 1.165) is 11.1 Å². The van der Waals surface area contributed by atoms with Gasteiger partial charge in [0.25, 0.3) is 5.56 Å². The molecule has 1 heterocycles. The maximum atomic E-state index is 12.5. The first-order valence-corrected chi connectivity index (χ1v) is 9.21. The molecule has 0 radical (unpaired) electrons. The summed E-state index contributed by atoms with van der Waals surface area (Å²) in [5.41, 5.74) is 2.39. The molecule has 2 aromatic carbocycles. The van der Waals surface area contributed by atoms with Gasteiger partial charge in [-0.3, -0.25) is 4.79 Å². The van der Waals surface area contributed by atoms with E-state index in [1.807, 2.05) is 43.3 Å². The number of anilines is 1. The van der Waals surface area contributed by atoms with Crippen LogP contribution in [0.3, 0.4) is 0 Å². The number of hydrogen-bond donors (Lipinski definition) is 2. The van der Waals surface area contributed by atoms with Crippen LogP contribution in [0.15, 0.2) is 59.5 Å². The molecule has 0 amide bonds. The van der Waals surface area contributed by atoms with Crippen LogP contribution in [-0.4, -0.2) is 27.5 Å². The Morgan fingerprint density at radius 1 is 1.19 bits per heavy atom. The minimum Gasteiger partial charge on any atom is -0.391 e. The van der Waals surface area contributed by atoms with E-state index in [1.54, 1.807) is 12.1 Å². The standard InChI is InChI=1S/C20H19Cl2N3O2/c1-13-7-8-15(10-17(13)21)25-20(27)19(22)18(12-24-25)23-11-16(26)9-14-5-3-2-4-6-14/h2-8,10,12,16,23,26H,9,11H2,1H3. The van der Waals surface area contributed by atoms with Gasteiger partial charge in [-0.05, 0) is 30.2 Å². The van der Waals surface area contributed by atoms with E-state index >= 15 is 0 Å². The summed E-state index contributed by atoms with van der Waals surface area (Å²) < 4.78 is 1.19. The summed E-state index contributed by atoms with van der Waals surface area (Å²) in [6.45, 7) is 2.12. The molecule has 0 fully saturated rings. The second-order valence-corrected chi connectivity index (χ2v) is 7.03. The molecule has 3 aromatic rings. The molecule has 0 spiro atoms. The summed E-state index contributed by atoms with van der Waals surface area (Å²) in [6.07, 6.45) is 1.34. The monoisotopic (exact) mass is 403 g/mol. The van der Waals surface area contributed by atoms with Gasteiger partial charge in [0, 0.05) is 18.0 Å². The Balaban J connectivity index is 1.73. The van der Waals surface area contributed by atoms with Crippen LogP contribution in [0.25, 0.3) is 5.69 Å². The maximum absolute atomic E-state index is 12.5. The minimum atomic E-state index is -0.623. The number of aliphatic hydroxyl groups is 1. The average molecular weight is 404 g/mol. The number of hydrogen-bond acceptors (Lipinski definition) is 4. The van der Waals surface area contributed by atoms with Gasteiger partial charge >= 0.3 is 0 Å². The summed E-state index contributed by atoms with van der Waals surface area (Å²) in [5, 5.41) is 17.9. The number of halogens is 2. The van der Waals surface area contributed by atoms with Gasteiger partial charge in [-0.25, -0.2) is 0 Å². The van der Waals surface area contributed by atoms with Crippen molar-refractivity contribution in [2.24, 2.45) is 0 Å². The third-order valence-electron chi connectivity index (χ3n) is 4.16. The first-order valence-electron chi connectivity index (χ1n) is 8.46. The molecule has 2 N–H and O–H groups in total. The lowest BCUT2D eigenvalue weighted by atomic mass is 10.1. The van der Waals surface area contributed by atoms with Gasteiger partial charge in [-0.2, -0.15) is 9.78 Å². The zero-order valence-electron chi connectivity index (χ0n) is 14.7. The summed E-state index contributed by atoms with van der Waals surface area (Å²) in [7, 11) is 0. The summed E-state index contributed by atoms with van der Waals surface area (Å²) >= 11 is 12.3. The molecule has 0 aliphatic carbocycles. The lowest BCUT2D eigenvalue weighted by Crippen LogP contribution is -2.26. The van der Waals surface area contributed by atoms with Crippen molar-refractivity contribution < 1.29 is 5.11 Å². The molecule has 140 valence electrons. The van der Waals surface area contributed by atoms with Gasteiger partial charge in [0.1, 0.15) is 5.02 Å². The fourth-order valence-corrected chi connectivity index (χ4v) is 3.01. The molecule has 7 heteroatoms. The molecule has 0 aliphatic heterocycles. The van der Waals surface area contributed by atoms with Crippen LogP contribution in [0.4, 0.5) is 5.69 Å². The van der Waals surface area contributed by atoms with E-state index in [4.69, 9.17) is 23.2 Å². The molecule has 0 bridgehead atoms. The number of aromatic nitrogens is 2. The number of aryl methyl sites for hydroxylation is 1. The van der Waals surface area contributed by atoms with Crippen molar-refractivity contribution in [3.05, 3.63) is 86.3 Å². The molecule has 0 saturated carbocycles. The van der Waals surface area contributed by atoms with Gasteiger partial charge in [0.2, 0.25) is 0 Å². The molecule has 1 aromatic heterocycles. The first kappa shape index (κ1) is 19.4. The van der Waals surface area contributed by atoms with E-state index in [1.165, 1.54) is 10.9 Å². The number of rotatable bonds is 6. The largest absolute Gasteiger partial charge is 0.391 e. The molecule has 1 atom stereocenters. The summed E-state index contributed by atoms with van der Waals surface area (Å²) in [5.74, 6) is 0. The predicted octanol–water partition coefficient (Wildman–Crippen LogP) is 3.86. The molecule has 1 unspecified atom stereocenters. The smallest absolute Gasteiger partial charge is 0.292 e. The maximum Gasteiger partial charge on any atom is 0.292 e. The molecule has 27 heavy (non-hydrogen) atoms. The lowest BCUT2D eigenvalue weighted by molar-refractivity contribution is 0.188. The number of nitrogens with zero attached hydrogens (tertiary/aromatic N) is 2. The van der Waals surface area contributed by atoms with Crippen LogP contribution < -0.4 is 10.9 Å². The Morgan fingerprint density at radius 3 is 2.63 bits per heavy atom. The van der Waals surface area contributed by atoms with Crippen LogP contribution in [-0.2, 0) is 6.42 Å². The normalized spacial score (nSPS) is 12.0. The minimum absolute atomic E-state index is 0.00797. The Morgan fingerprint density at radius 2 is 1.93 bits per heavy atom. The zero-order valence-corrected chi connectivity index (χ0v) is 16.2. The lowest BCUT2D eigenvalue weighted by Gasteiger charge is -2.14. The Kier molecular flexibility index (Phi) is 6.16. The van der Waals surface area contributed by atoms with E-state index in [2.05, 4.69) is 10.4 Å². The van der Waals surface area contributed by atoms with Gasteiger partial charge in [0.15, 0.2) is 0 Å². The predicted molar refractivity (Wildman–Crippen MR) is 109 cm³/mol. The van der Waals surface area contributed by atoms with Crippen molar-refractivity contribution in [1.82, 2.24) is 9.78 Å². The third kappa shape index (κ3) is 4.69. The van der Waals surface area contributed by atoms with Crippen LogP contribution >= 0.6 is 23.2 Å². The topological polar surface area (TPSA) is 67.2 Å². The molecular formula is C20H19Cl2N3O2. The highest BCUT2D eigenvalue weighted by atomic mass is 35.5. The van der Waals surface area contributed by atoms with Crippen molar-refractivity contribution in [2.75, 3.05) is 11.9 Å². The van der Waals surface area contributed by atoms with Crippen LogP contribution in [0.5, 0.6) is 0 Å². The Hall–Kier alpha value is -2.34. The van der Waals surface area contributed by atoms with E-state index in [0.29, 0.717) is 22.8 Å². The van der Waals surface area contributed by atoms with Crippen molar-refractivity contribution in [1.29, 1.82) is 0 Å². The number of aliphatic hydroxyl groups excluding tert-OH is 1. The zero-order chi connectivity index (χ0) is 19.4. The van der Waals surface area contributed by atoms with Gasteiger partial charge < -0.3 is 10.4 Å². The SMILES string of the molecule is Cc1ccc(-n2ncc(NCC(O)Cc3ccccc3)c(Cl)c2=O)cc1Cl. The van der Waals surface area contributed by atoms with Crippen molar-refractivity contribution in [2.45, 2.75) is 19.4 Å². The van der Waals surface area contributed by atoms with Gasteiger partial charge in [-0.15, -0.1) is 0 Å². The summed E-state index contributed by atoms with van der Waals surface area (Å²) in [4.78, 5) is 12.5. The van der Waals surface area contributed by atoms with Crippen molar-refractivity contribution >= 4 is 28.9 Å². The molecule has 0 aliphatic rings. The number of nitrogens with one attached hydrogen (secondary N) is 1. The van der Waals surface area contributed by atoms with Crippen molar-refractivity contribution in [3.8, 4) is 5.69 Å². The second-order valence-electron chi connectivity index (χ2n) is 6.25. The fourth-order valence-electron chi connectivity index (χ4n) is 2.64. The fraction of sp³-hybridized carbons (Fsp3) is 0.200.